The number of morpholine rings is 1. The summed E-state index contributed by atoms with van der Waals surface area (Å²) in [6.45, 7) is 5.50. The predicted octanol–water partition coefficient (Wildman–Crippen LogP) is 2.83. The van der Waals surface area contributed by atoms with E-state index >= 15 is 0 Å². The van der Waals surface area contributed by atoms with Crippen molar-refractivity contribution >= 4 is 32.6 Å². The van der Waals surface area contributed by atoms with Crippen LogP contribution in [0.1, 0.15) is 6.42 Å². The quantitative estimate of drug-likeness (QED) is 0.685. The molecule has 2 unspecified atom stereocenters. The van der Waals surface area contributed by atoms with Gasteiger partial charge >= 0.3 is 0 Å². The van der Waals surface area contributed by atoms with E-state index in [4.69, 9.17) is 14.2 Å². The Labute approximate surface area is 179 Å². The number of benzene rings is 2. The molecule has 2 aromatic rings. The van der Waals surface area contributed by atoms with E-state index in [0.717, 1.165) is 61.2 Å². The lowest BCUT2D eigenvalue weighted by Gasteiger charge is -2.37. The minimum Gasteiger partial charge on any atom is -0.484 e. The van der Waals surface area contributed by atoms with Crippen molar-refractivity contribution in [2.45, 2.75) is 12.5 Å². The van der Waals surface area contributed by atoms with Gasteiger partial charge in [0.25, 0.3) is 5.91 Å². The van der Waals surface area contributed by atoms with Crippen LogP contribution in [0.2, 0.25) is 0 Å². The molecular weight excluding hydrogens is 436 g/mol. The minimum atomic E-state index is -0.0990. The van der Waals surface area contributed by atoms with Crippen molar-refractivity contribution in [2.24, 2.45) is 5.92 Å². The molecule has 0 aliphatic carbocycles. The van der Waals surface area contributed by atoms with Crippen LogP contribution < -0.4 is 10.1 Å². The van der Waals surface area contributed by atoms with Crippen molar-refractivity contribution in [1.82, 2.24) is 10.2 Å². The normalized spacial score (nSPS) is 21.2. The van der Waals surface area contributed by atoms with Crippen LogP contribution in [0.25, 0.3) is 10.8 Å². The average Bonchev–Trinajstić information content (AvgIpc) is 3.27. The highest BCUT2D eigenvalue weighted by Crippen LogP contribution is 2.24. The van der Waals surface area contributed by atoms with E-state index < -0.39 is 0 Å². The molecule has 0 bridgehead atoms. The molecule has 6 nitrogen and oxygen atoms in total. The molecule has 0 aromatic heterocycles. The number of hydrogen-bond acceptors (Lipinski definition) is 5. The maximum atomic E-state index is 12.4. The first-order valence-corrected chi connectivity index (χ1v) is 11.0. The van der Waals surface area contributed by atoms with Gasteiger partial charge < -0.3 is 19.5 Å². The van der Waals surface area contributed by atoms with Crippen LogP contribution in [0.5, 0.6) is 5.75 Å². The van der Waals surface area contributed by atoms with E-state index in [9.17, 15) is 4.79 Å². The average molecular weight is 463 g/mol. The number of ether oxygens (including phenoxy) is 3. The molecule has 0 spiro atoms. The van der Waals surface area contributed by atoms with Crippen LogP contribution >= 0.6 is 15.9 Å². The summed E-state index contributed by atoms with van der Waals surface area (Å²) in [4.78, 5) is 14.8. The predicted molar refractivity (Wildman–Crippen MR) is 115 cm³/mol. The summed E-state index contributed by atoms with van der Waals surface area (Å²) in [7, 11) is 0. The van der Waals surface area contributed by atoms with Crippen LogP contribution in [0.15, 0.2) is 40.9 Å². The van der Waals surface area contributed by atoms with Crippen LogP contribution in [0, 0.1) is 5.92 Å². The van der Waals surface area contributed by atoms with Crippen LogP contribution in [0.3, 0.4) is 0 Å². The van der Waals surface area contributed by atoms with Crippen molar-refractivity contribution in [3.63, 3.8) is 0 Å². The second kappa shape index (κ2) is 9.89. The Morgan fingerprint density at radius 3 is 2.72 bits per heavy atom. The van der Waals surface area contributed by atoms with Crippen molar-refractivity contribution < 1.29 is 19.0 Å². The summed E-state index contributed by atoms with van der Waals surface area (Å²) in [6, 6.07) is 12.2. The number of halogens is 1. The molecule has 1 amide bonds. The first kappa shape index (κ1) is 20.6. The van der Waals surface area contributed by atoms with Gasteiger partial charge in [0.05, 0.1) is 19.8 Å². The minimum absolute atomic E-state index is 0.0129. The first-order valence-electron chi connectivity index (χ1n) is 10.2. The number of rotatable bonds is 7. The molecule has 2 saturated heterocycles. The van der Waals surface area contributed by atoms with Crippen molar-refractivity contribution in [3.8, 4) is 5.75 Å². The van der Waals surface area contributed by atoms with Gasteiger partial charge in [-0.25, -0.2) is 0 Å². The topological polar surface area (TPSA) is 60.0 Å². The molecule has 7 heteroatoms. The largest absolute Gasteiger partial charge is 0.484 e. The van der Waals surface area contributed by atoms with Crippen LogP contribution in [-0.4, -0.2) is 69.5 Å². The Bertz CT molecular complexity index is 835. The molecule has 2 aliphatic heterocycles. The molecule has 2 heterocycles. The fourth-order valence-corrected chi connectivity index (χ4v) is 4.44. The zero-order valence-electron chi connectivity index (χ0n) is 16.4. The van der Waals surface area contributed by atoms with E-state index in [1.165, 1.54) is 0 Å². The lowest BCUT2D eigenvalue weighted by Crippen LogP contribution is -2.52. The number of carbonyl (C=O) groups is 1. The third-order valence-electron chi connectivity index (χ3n) is 5.68. The number of carbonyl (C=O) groups excluding carboxylic acids is 1. The smallest absolute Gasteiger partial charge is 0.257 e. The van der Waals surface area contributed by atoms with Gasteiger partial charge in [0, 0.05) is 42.7 Å². The van der Waals surface area contributed by atoms with Gasteiger partial charge in [0.2, 0.25) is 0 Å². The molecule has 156 valence electrons. The highest BCUT2D eigenvalue weighted by atomic mass is 79.9. The van der Waals surface area contributed by atoms with Gasteiger partial charge in [0.15, 0.2) is 6.61 Å². The summed E-state index contributed by atoms with van der Waals surface area (Å²) < 4.78 is 17.8. The molecule has 4 rings (SSSR count). The fraction of sp³-hybridized carbons (Fsp3) is 0.500. The Hall–Kier alpha value is -1.67. The van der Waals surface area contributed by atoms with Gasteiger partial charge in [-0.1, -0.05) is 28.1 Å². The van der Waals surface area contributed by atoms with Crippen LogP contribution in [0.4, 0.5) is 0 Å². The van der Waals surface area contributed by atoms with Crippen molar-refractivity contribution in [3.05, 3.63) is 40.9 Å². The summed E-state index contributed by atoms with van der Waals surface area (Å²) in [5.41, 5.74) is 0. The molecule has 2 fully saturated rings. The maximum absolute atomic E-state index is 12.4. The standard InChI is InChI=1S/C22H27BrN2O4/c23-19-3-1-17-12-20(4-2-16(17)11-19)29-15-22(26)24-13-21(18-5-8-28-14-18)25-6-9-27-10-7-25/h1-4,11-12,18,21H,5-10,13-15H2,(H,24,26). The lowest BCUT2D eigenvalue weighted by atomic mass is 9.97. The van der Waals surface area contributed by atoms with Gasteiger partial charge in [-0.15, -0.1) is 0 Å². The SMILES string of the molecule is O=C(COc1ccc2cc(Br)ccc2c1)NCC(C1CCOC1)N1CCOCC1. The molecule has 0 saturated carbocycles. The monoisotopic (exact) mass is 462 g/mol. The first-order chi connectivity index (χ1) is 14.2. The van der Waals surface area contributed by atoms with Gasteiger partial charge in [-0.2, -0.15) is 0 Å². The molecule has 0 radical (unpaired) electrons. The number of fused-ring (bicyclic) bond motifs is 1. The van der Waals surface area contributed by atoms with E-state index in [1.807, 2.05) is 30.3 Å². The van der Waals surface area contributed by atoms with E-state index in [1.54, 1.807) is 0 Å². The van der Waals surface area contributed by atoms with Gasteiger partial charge in [-0.05, 0) is 41.5 Å². The molecular formula is C22H27BrN2O4. The Morgan fingerprint density at radius 1 is 1.14 bits per heavy atom. The highest BCUT2D eigenvalue weighted by Gasteiger charge is 2.31. The highest BCUT2D eigenvalue weighted by molar-refractivity contribution is 9.10. The third kappa shape index (κ3) is 5.48. The maximum Gasteiger partial charge on any atom is 0.257 e. The summed E-state index contributed by atoms with van der Waals surface area (Å²) in [6.07, 6.45) is 1.04. The summed E-state index contributed by atoms with van der Waals surface area (Å²) >= 11 is 3.48. The zero-order chi connectivity index (χ0) is 20.1. The molecule has 2 aliphatic rings. The van der Waals surface area contributed by atoms with Gasteiger partial charge in [-0.3, -0.25) is 9.69 Å². The Balaban J connectivity index is 1.30. The molecule has 1 N–H and O–H groups in total. The van der Waals surface area contributed by atoms with Gasteiger partial charge in [0.1, 0.15) is 5.75 Å². The second-order valence-electron chi connectivity index (χ2n) is 7.59. The Morgan fingerprint density at radius 2 is 1.93 bits per heavy atom. The second-order valence-corrected chi connectivity index (χ2v) is 8.50. The molecule has 2 atom stereocenters. The van der Waals surface area contributed by atoms with E-state index in [2.05, 4.69) is 32.2 Å². The number of nitrogens with zero attached hydrogens (tertiary/aromatic N) is 1. The van der Waals surface area contributed by atoms with Crippen molar-refractivity contribution in [2.75, 3.05) is 52.7 Å². The fourth-order valence-electron chi connectivity index (χ4n) is 4.06. The zero-order valence-corrected chi connectivity index (χ0v) is 18.0. The Kier molecular flexibility index (Phi) is 7.02. The van der Waals surface area contributed by atoms with Crippen molar-refractivity contribution in [1.29, 1.82) is 0 Å². The number of nitrogens with one attached hydrogen (secondary N) is 1. The third-order valence-corrected chi connectivity index (χ3v) is 6.17. The lowest BCUT2D eigenvalue weighted by molar-refractivity contribution is -0.123. The number of amides is 1. The number of hydrogen-bond donors (Lipinski definition) is 1. The summed E-state index contributed by atoms with van der Waals surface area (Å²) in [5.74, 6) is 1.05. The van der Waals surface area contributed by atoms with E-state index in [0.29, 0.717) is 18.2 Å². The summed E-state index contributed by atoms with van der Waals surface area (Å²) in [5, 5.41) is 5.27. The molecule has 2 aromatic carbocycles. The van der Waals surface area contributed by atoms with Crippen LogP contribution in [-0.2, 0) is 14.3 Å². The van der Waals surface area contributed by atoms with E-state index in [-0.39, 0.29) is 18.6 Å². The molecule has 29 heavy (non-hydrogen) atoms.